The summed E-state index contributed by atoms with van der Waals surface area (Å²) in [5.41, 5.74) is 0.543. The van der Waals surface area contributed by atoms with Crippen molar-refractivity contribution in [1.29, 1.82) is 0 Å². The first kappa shape index (κ1) is 22.2. The zero-order valence-corrected chi connectivity index (χ0v) is 18.2. The third-order valence-corrected chi connectivity index (χ3v) is 7.32. The second-order valence-electron chi connectivity index (χ2n) is 8.30. The summed E-state index contributed by atoms with van der Waals surface area (Å²) in [5, 5.41) is 13.3. The molecule has 8 nitrogen and oxygen atoms in total. The van der Waals surface area contributed by atoms with Gasteiger partial charge in [-0.05, 0) is 71.0 Å². The van der Waals surface area contributed by atoms with E-state index in [9.17, 15) is 18.3 Å². The smallest absolute Gasteiger partial charge is 0.241 e. The number of benzene rings is 1. The summed E-state index contributed by atoms with van der Waals surface area (Å²) in [6, 6.07) is 5.65. The monoisotopic (exact) mass is 424 g/mol. The Kier molecular flexibility index (Phi) is 6.95. The molecule has 3 rings (SSSR count). The zero-order valence-electron chi connectivity index (χ0n) is 17.3. The number of hydrogen-bond acceptors (Lipinski definition) is 6. The lowest BCUT2D eigenvalue weighted by molar-refractivity contribution is -0.120. The Hall–Kier alpha value is -1.52. The van der Waals surface area contributed by atoms with E-state index in [0.29, 0.717) is 18.8 Å². The number of rotatable bonds is 7. The summed E-state index contributed by atoms with van der Waals surface area (Å²) in [6.45, 7) is 8.53. The van der Waals surface area contributed by atoms with Crippen LogP contribution in [0.25, 0.3) is 0 Å². The summed E-state index contributed by atoms with van der Waals surface area (Å²) in [4.78, 5) is 17.2. The van der Waals surface area contributed by atoms with Crippen LogP contribution in [0.3, 0.4) is 0 Å². The Bertz CT molecular complexity index is 806. The molecule has 0 spiro atoms. The van der Waals surface area contributed by atoms with E-state index in [-0.39, 0.29) is 28.9 Å². The van der Waals surface area contributed by atoms with E-state index in [1.54, 1.807) is 26.0 Å². The van der Waals surface area contributed by atoms with Crippen molar-refractivity contribution < 1.29 is 18.3 Å². The maximum absolute atomic E-state index is 12.7. The molecule has 2 saturated heterocycles. The molecule has 162 valence electrons. The molecule has 0 unspecified atom stereocenters. The van der Waals surface area contributed by atoms with E-state index in [1.165, 1.54) is 12.1 Å². The van der Waals surface area contributed by atoms with Gasteiger partial charge >= 0.3 is 0 Å². The topological polar surface area (TPSA) is 102 Å². The fourth-order valence-electron chi connectivity index (χ4n) is 4.06. The van der Waals surface area contributed by atoms with Crippen LogP contribution in [0.1, 0.15) is 33.6 Å². The molecule has 2 fully saturated rings. The SMILES string of the molecule is CC(C)NS(=O)(=O)c1ccc(NC(=O)[C@H](C)N2C[C@@H](N3CCCC3)[C@@H](O)C2)cc1. The summed E-state index contributed by atoms with van der Waals surface area (Å²) >= 11 is 0. The first-order valence-electron chi connectivity index (χ1n) is 10.3. The predicted molar refractivity (Wildman–Crippen MR) is 112 cm³/mol. The number of nitrogens with one attached hydrogen (secondary N) is 2. The van der Waals surface area contributed by atoms with E-state index in [2.05, 4.69) is 14.9 Å². The molecule has 1 amide bonds. The van der Waals surface area contributed by atoms with Gasteiger partial charge in [-0.15, -0.1) is 0 Å². The van der Waals surface area contributed by atoms with Gasteiger partial charge in [-0.25, -0.2) is 13.1 Å². The number of carbonyl (C=O) groups is 1. The molecule has 2 aliphatic rings. The molecule has 1 aromatic rings. The van der Waals surface area contributed by atoms with E-state index in [1.807, 2.05) is 11.8 Å². The minimum absolute atomic E-state index is 0.0886. The quantitative estimate of drug-likeness (QED) is 0.600. The normalized spacial score (nSPS) is 24.9. The summed E-state index contributed by atoms with van der Waals surface area (Å²) in [7, 11) is -3.56. The highest BCUT2D eigenvalue weighted by atomic mass is 32.2. The first-order chi connectivity index (χ1) is 13.7. The highest BCUT2D eigenvalue weighted by Crippen LogP contribution is 2.23. The van der Waals surface area contributed by atoms with Crippen LogP contribution in [0.2, 0.25) is 0 Å². The molecule has 0 aromatic heterocycles. The van der Waals surface area contributed by atoms with E-state index < -0.39 is 16.1 Å². The van der Waals surface area contributed by atoms with Crippen LogP contribution in [0.5, 0.6) is 0 Å². The Morgan fingerprint density at radius 1 is 1.10 bits per heavy atom. The van der Waals surface area contributed by atoms with Crippen molar-refractivity contribution in [2.75, 3.05) is 31.5 Å². The van der Waals surface area contributed by atoms with Gasteiger partial charge in [-0.3, -0.25) is 14.6 Å². The van der Waals surface area contributed by atoms with Crippen LogP contribution >= 0.6 is 0 Å². The van der Waals surface area contributed by atoms with Gasteiger partial charge in [0.05, 0.1) is 17.0 Å². The lowest BCUT2D eigenvalue weighted by atomic mass is 10.2. The maximum atomic E-state index is 12.7. The summed E-state index contributed by atoms with van der Waals surface area (Å²) in [5.74, 6) is -0.171. The largest absolute Gasteiger partial charge is 0.390 e. The molecule has 0 radical (unpaired) electrons. The van der Waals surface area contributed by atoms with Crippen LogP contribution in [-0.2, 0) is 14.8 Å². The van der Waals surface area contributed by atoms with Crippen molar-refractivity contribution in [2.45, 2.75) is 62.7 Å². The van der Waals surface area contributed by atoms with Crippen molar-refractivity contribution >= 4 is 21.6 Å². The van der Waals surface area contributed by atoms with E-state index in [4.69, 9.17) is 0 Å². The van der Waals surface area contributed by atoms with Crippen molar-refractivity contribution in [3.63, 3.8) is 0 Å². The number of β-amino-alcohol motifs (C(OH)–C–C–N with tert-alkyl or cyclic N) is 1. The van der Waals surface area contributed by atoms with Gasteiger partial charge in [0.2, 0.25) is 15.9 Å². The van der Waals surface area contributed by atoms with Gasteiger partial charge in [0.15, 0.2) is 0 Å². The van der Waals surface area contributed by atoms with E-state index in [0.717, 1.165) is 25.9 Å². The highest BCUT2D eigenvalue weighted by Gasteiger charge is 2.39. The number of hydrogen-bond donors (Lipinski definition) is 3. The molecule has 3 atom stereocenters. The van der Waals surface area contributed by atoms with E-state index >= 15 is 0 Å². The Morgan fingerprint density at radius 2 is 1.72 bits per heavy atom. The van der Waals surface area contributed by atoms with Crippen LogP contribution in [-0.4, -0.2) is 79.6 Å². The average molecular weight is 425 g/mol. The Balaban J connectivity index is 1.58. The molecule has 0 bridgehead atoms. The molecule has 0 aliphatic carbocycles. The standard InChI is InChI=1S/C20H32N4O4S/c1-14(2)22-29(27,28)17-8-6-16(7-9-17)21-20(26)15(3)24-12-18(19(25)13-24)23-10-4-5-11-23/h6-9,14-15,18-19,22,25H,4-5,10-13H2,1-3H3,(H,21,26)/t15-,18+,19-/m0/s1. The fourth-order valence-corrected chi connectivity index (χ4v) is 5.31. The Morgan fingerprint density at radius 3 is 2.31 bits per heavy atom. The van der Waals surface area contributed by atoms with Crippen LogP contribution in [0.15, 0.2) is 29.2 Å². The Labute approximate surface area is 173 Å². The summed E-state index contributed by atoms with van der Waals surface area (Å²) < 4.78 is 26.9. The summed E-state index contributed by atoms with van der Waals surface area (Å²) in [6.07, 6.45) is 1.89. The maximum Gasteiger partial charge on any atom is 0.241 e. The second-order valence-corrected chi connectivity index (χ2v) is 10.0. The molecular weight excluding hydrogens is 392 g/mol. The molecule has 2 heterocycles. The fraction of sp³-hybridized carbons (Fsp3) is 0.650. The number of aliphatic hydroxyl groups is 1. The molecular formula is C20H32N4O4S. The van der Waals surface area contributed by atoms with Crippen LogP contribution < -0.4 is 10.0 Å². The second kappa shape index (κ2) is 9.09. The van der Waals surface area contributed by atoms with Crippen molar-refractivity contribution in [3.8, 4) is 0 Å². The van der Waals surface area contributed by atoms with Gasteiger partial charge in [0.1, 0.15) is 0 Å². The number of aliphatic hydroxyl groups excluding tert-OH is 1. The zero-order chi connectivity index (χ0) is 21.2. The van der Waals surface area contributed by atoms with Gasteiger partial charge in [-0.2, -0.15) is 0 Å². The first-order valence-corrected chi connectivity index (χ1v) is 11.7. The number of likely N-dealkylation sites (tertiary alicyclic amines) is 2. The molecule has 29 heavy (non-hydrogen) atoms. The highest BCUT2D eigenvalue weighted by molar-refractivity contribution is 7.89. The number of sulfonamides is 1. The third kappa shape index (κ3) is 5.35. The van der Waals surface area contributed by atoms with Crippen molar-refractivity contribution in [1.82, 2.24) is 14.5 Å². The molecule has 3 N–H and O–H groups in total. The van der Waals surface area contributed by atoms with Gasteiger partial charge in [-0.1, -0.05) is 0 Å². The molecule has 0 saturated carbocycles. The van der Waals surface area contributed by atoms with Gasteiger partial charge < -0.3 is 10.4 Å². The van der Waals surface area contributed by atoms with Crippen LogP contribution in [0, 0.1) is 0 Å². The molecule has 9 heteroatoms. The average Bonchev–Trinajstić information content (AvgIpc) is 3.29. The lowest BCUT2D eigenvalue weighted by Gasteiger charge is -2.27. The molecule has 2 aliphatic heterocycles. The molecule has 1 aromatic carbocycles. The number of nitrogens with zero attached hydrogens (tertiary/aromatic N) is 2. The van der Waals surface area contributed by atoms with Gasteiger partial charge in [0, 0.05) is 30.9 Å². The van der Waals surface area contributed by atoms with Crippen molar-refractivity contribution in [3.05, 3.63) is 24.3 Å². The van der Waals surface area contributed by atoms with Crippen LogP contribution in [0.4, 0.5) is 5.69 Å². The minimum atomic E-state index is -3.56. The minimum Gasteiger partial charge on any atom is -0.390 e. The number of anilines is 1. The number of carbonyl (C=O) groups excluding carboxylic acids is 1. The third-order valence-electron chi connectivity index (χ3n) is 5.65. The van der Waals surface area contributed by atoms with Gasteiger partial charge in [0.25, 0.3) is 0 Å². The predicted octanol–water partition coefficient (Wildman–Crippen LogP) is 0.841. The number of amides is 1. The van der Waals surface area contributed by atoms with Crippen molar-refractivity contribution in [2.24, 2.45) is 0 Å². The lowest BCUT2D eigenvalue weighted by Crippen LogP contribution is -2.43.